The van der Waals surface area contributed by atoms with E-state index in [4.69, 9.17) is 0 Å². The van der Waals surface area contributed by atoms with E-state index >= 15 is 0 Å². The zero-order valence-electron chi connectivity index (χ0n) is 14.1. The molecular weight excluding hydrogens is 306 g/mol. The van der Waals surface area contributed by atoms with Crippen molar-refractivity contribution in [2.24, 2.45) is 0 Å². The van der Waals surface area contributed by atoms with Crippen molar-refractivity contribution in [3.63, 3.8) is 0 Å². The van der Waals surface area contributed by atoms with Gasteiger partial charge in [-0.1, -0.05) is 0 Å². The van der Waals surface area contributed by atoms with Gasteiger partial charge in [-0.25, -0.2) is 19.3 Å². The maximum atomic E-state index is 11.7. The molecule has 2 aliphatic heterocycles. The molecule has 8 nitrogen and oxygen atoms in total. The monoisotopic (exact) mass is 331 g/mol. The van der Waals surface area contributed by atoms with Gasteiger partial charge in [0.2, 0.25) is 5.65 Å². The molecule has 1 atom stereocenters. The number of nitrogens with one attached hydrogen (secondary N) is 2. The Hall–Kier alpha value is -1.93. The average Bonchev–Trinajstić information content (AvgIpc) is 2.99. The maximum Gasteiger partial charge on any atom is 0.347 e. The van der Waals surface area contributed by atoms with Crippen molar-refractivity contribution in [3.8, 4) is 0 Å². The predicted molar refractivity (Wildman–Crippen MR) is 92.5 cm³/mol. The third-order valence-electron chi connectivity index (χ3n) is 5.23. The molecule has 2 saturated heterocycles. The van der Waals surface area contributed by atoms with Crippen molar-refractivity contribution in [3.05, 3.63) is 22.9 Å². The van der Waals surface area contributed by atoms with Crippen LogP contribution in [-0.4, -0.2) is 69.8 Å². The minimum atomic E-state index is -0.216. The standard InChI is InChI=1S/C16H25N7O/c1-21-8-4-12(5-9-21)18-13-3-2-7-22(11-13)14-15-19-20-16(24)23(15)10-6-17-14/h6,10,12-13,18H,2-5,7-9,11H2,1H3,(H,20,24)/t13-/m1/s1. The molecule has 8 heteroatoms. The Morgan fingerprint density at radius 3 is 2.88 bits per heavy atom. The molecule has 0 amide bonds. The Morgan fingerprint density at radius 2 is 2.04 bits per heavy atom. The zero-order chi connectivity index (χ0) is 16.5. The highest BCUT2D eigenvalue weighted by Gasteiger charge is 2.26. The van der Waals surface area contributed by atoms with Crippen molar-refractivity contribution in [1.82, 2.24) is 29.8 Å². The smallest absolute Gasteiger partial charge is 0.347 e. The van der Waals surface area contributed by atoms with Crippen LogP contribution in [0, 0.1) is 0 Å². The fraction of sp³-hybridized carbons (Fsp3) is 0.688. The van der Waals surface area contributed by atoms with E-state index in [0.717, 1.165) is 25.3 Å². The highest BCUT2D eigenvalue weighted by atomic mass is 16.1. The molecule has 0 aliphatic carbocycles. The lowest BCUT2D eigenvalue weighted by atomic mass is 10.0. The minimum absolute atomic E-state index is 0.216. The SMILES string of the molecule is CN1CCC(N[C@@H]2CCCN(c3nccn4c(=O)[nH]nc34)C2)CC1. The van der Waals surface area contributed by atoms with Crippen LogP contribution < -0.4 is 15.9 Å². The van der Waals surface area contributed by atoms with Crippen LogP contribution in [0.2, 0.25) is 0 Å². The Kier molecular flexibility index (Phi) is 4.24. The molecular formula is C16H25N7O. The van der Waals surface area contributed by atoms with E-state index in [0.29, 0.717) is 17.7 Å². The lowest BCUT2D eigenvalue weighted by molar-refractivity contribution is 0.219. The topological polar surface area (TPSA) is 81.6 Å². The molecule has 2 aromatic rings. The summed E-state index contributed by atoms with van der Waals surface area (Å²) >= 11 is 0. The number of rotatable bonds is 3. The quantitative estimate of drug-likeness (QED) is 0.828. The Morgan fingerprint density at radius 1 is 1.21 bits per heavy atom. The largest absolute Gasteiger partial charge is 0.352 e. The first kappa shape index (κ1) is 15.6. The third-order valence-corrected chi connectivity index (χ3v) is 5.23. The lowest BCUT2D eigenvalue weighted by Gasteiger charge is -2.38. The number of nitrogens with zero attached hydrogens (tertiary/aromatic N) is 5. The van der Waals surface area contributed by atoms with Crippen LogP contribution in [0.4, 0.5) is 5.82 Å². The first-order valence-corrected chi connectivity index (χ1v) is 8.82. The Bertz CT molecular complexity index is 746. The number of H-pyrrole nitrogens is 1. The van der Waals surface area contributed by atoms with Crippen LogP contribution in [-0.2, 0) is 0 Å². The van der Waals surface area contributed by atoms with E-state index in [1.165, 1.54) is 36.8 Å². The Labute approximate surface area is 140 Å². The molecule has 4 heterocycles. The van der Waals surface area contributed by atoms with E-state index in [-0.39, 0.29) is 5.69 Å². The molecule has 0 aromatic carbocycles. The number of aromatic amines is 1. The van der Waals surface area contributed by atoms with Crippen LogP contribution in [0.3, 0.4) is 0 Å². The van der Waals surface area contributed by atoms with E-state index in [2.05, 4.69) is 37.3 Å². The second-order valence-electron chi connectivity index (χ2n) is 7.00. The van der Waals surface area contributed by atoms with Crippen LogP contribution in [0.25, 0.3) is 5.65 Å². The van der Waals surface area contributed by atoms with Gasteiger partial charge in [-0.3, -0.25) is 0 Å². The van der Waals surface area contributed by atoms with Gasteiger partial charge in [0, 0.05) is 37.6 Å². The van der Waals surface area contributed by atoms with Crippen molar-refractivity contribution in [2.45, 2.75) is 37.8 Å². The van der Waals surface area contributed by atoms with Crippen molar-refractivity contribution < 1.29 is 0 Å². The van der Waals surface area contributed by atoms with Crippen LogP contribution >= 0.6 is 0 Å². The van der Waals surface area contributed by atoms with Gasteiger partial charge in [-0.15, -0.1) is 5.10 Å². The van der Waals surface area contributed by atoms with E-state index < -0.39 is 0 Å². The molecule has 0 saturated carbocycles. The van der Waals surface area contributed by atoms with Gasteiger partial charge < -0.3 is 15.1 Å². The number of hydrogen-bond acceptors (Lipinski definition) is 6. The van der Waals surface area contributed by atoms with Gasteiger partial charge in [0.25, 0.3) is 0 Å². The molecule has 0 bridgehead atoms. The predicted octanol–water partition coefficient (Wildman–Crippen LogP) is 0.0702. The summed E-state index contributed by atoms with van der Waals surface area (Å²) < 4.78 is 1.52. The summed E-state index contributed by atoms with van der Waals surface area (Å²) in [6, 6.07) is 1.09. The van der Waals surface area contributed by atoms with Crippen LogP contribution in [0.5, 0.6) is 0 Å². The van der Waals surface area contributed by atoms with Gasteiger partial charge in [0.05, 0.1) is 0 Å². The number of fused-ring (bicyclic) bond motifs is 1. The molecule has 130 valence electrons. The molecule has 2 aliphatic rings. The van der Waals surface area contributed by atoms with Gasteiger partial charge in [0.15, 0.2) is 5.82 Å². The number of anilines is 1. The first-order valence-electron chi connectivity index (χ1n) is 8.82. The minimum Gasteiger partial charge on any atom is -0.352 e. The molecule has 24 heavy (non-hydrogen) atoms. The zero-order valence-corrected chi connectivity index (χ0v) is 14.1. The average molecular weight is 331 g/mol. The number of piperidine rings is 2. The molecule has 0 unspecified atom stereocenters. The number of likely N-dealkylation sites (tertiary alicyclic amines) is 1. The molecule has 2 N–H and O–H groups in total. The van der Waals surface area contributed by atoms with Crippen molar-refractivity contribution in [2.75, 3.05) is 38.1 Å². The van der Waals surface area contributed by atoms with Crippen molar-refractivity contribution in [1.29, 1.82) is 0 Å². The molecule has 0 spiro atoms. The van der Waals surface area contributed by atoms with Crippen molar-refractivity contribution >= 4 is 11.5 Å². The summed E-state index contributed by atoms with van der Waals surface area (Å²) in [5.74, 6) is 0.797. The molecule has 4 rings (SSSR count). The highest BCUT2D eigenvalue weighted by Crippen LogP contribution is 2.21. The first-order chi connectivity index (χ1) is 11.7. The number of hydrogen-bond donors (Lipinski definition) is 2. The van der Waals surface area contributed by atoms with Gasteiger partial charge >= 0.3 is 5.69 Å². The third kappa shape index (κ3) is 3.03. The fourth-order valence-electron chi connectivity index (χ4n) is 3.87. The fourth-order valence-corrected chi connectivity index (χ4v) is 3.87. The molecule has 2 fully saturated rings. The van der Waals surface area contributed by atoms with E-state index in [9.17, 15) is 4.79 Å². The van der Waals surface area contributed by atoms with Gasteiger partial charge in [-0.05, 0) is 45.8 Å². The summed E-state index contributed by atoms with van der Waals surface area (Å²) in [7, 11) is 2.19. The normalized spacial score (nSPS) is 23.9. The number of aromatic nitrogens is 4. The summed E-state index contributed by atoms with van der Waals surface area (Å²) in [6.07, 6.45) is 8.09. The van der Waals surface area contributed by atoms with E-state index in [1.807, 2.05) is 0 Å². The molecule has 0 radical (unpaired) electrons. The summed E-state index contributed by atoms with van der Waals surface area (Å²) in [6.45, 7) is 4.22. The molecule has 2 aromatic heterocycles. The van der Waals surface area contributed by atoms with Gasteiger partial charge in [-0.2, -0.15) is 0 Å². The van der Waals surface area contributed by atoms with E-state index in [1.54, 1.807) is 12.4 Å². The summed E-state index contributed by atoms with van der Waals surface area (Å²) in [4.78, 5) is 20.9. The summed E-state index contributed by atoms with van der Waals surface area (Å²) in [5.41, 5.74) is 0.397. The van der Waals surface area contributed by atoms with Crippen LogP contribution in [0.15, 0.2) is 17.2 Å². The summed E-state index contributed by atoms with van der Waals surface area (Å²) in [5, 5.41) is 10.5. The second kappa shape index (κ2) is 6.52. The Balaban J connectivity index is 1.47. The second-order valence-corrected chi connectivity index (χ2v) is 7.00. The maximum absolute atomic E-state index is 11.7. The lowest BCUT2D eigenvalue weighted by Crippen LogP contribution is -2.52. The van der Waals surface area contributed by atoms with Gasteiger partial charge in [0.1, 0.15) is 0 Å². The van der Waals surface area contributed by atoms with Crippen LogP contribution in [0.1, 0.15) is 25.7 Å². The highest BCUT2D eigenvalue weighted by molar-refractivity contribution is 5.63.